The van der Waals surface area contributed by atoms with Gasteiger partial charge in [-0.1, -0.05) is 6.07 Å². The summed E-state index contributed by atoms with van der Waals surface area (Å²) in [6, 6.07) is 5.40. The molecule has 3 rings (SSSR count). The van der Waals surface area contributed by atoms with Gasteiger partial charge in [-0.2, -0.15) is 0 Å². The van der Waals surface area contributed by atoms with Crippen LogP contribution < -0.4 is 16.0 Å². The van der Waals surface area contributed by atoms with Crippen LogP contribution in [-0.2, 0) is 6.42 Å². The zero-order chi connectivity index (χ0) is 16.2. The minimum absolute atomic E-state index is 0. The third-order valence-corrected chi connectivity index (χ3v) is 5.04. The number of carbonyl (C=O) groups is 1. The average molecular weight is 403 g/mol. The number of aryl methyl sites for hydroxylation is 1. The number of benzene rings is 1. The Kier molecular flexibility index (Phi) is 8.48. The average Bonchev–Trinajstić information content (AvgIpc) is 3.20. The van der Waals surface area contributed by atoms with E-state index in [4.69, 9.17) is 5.73 Å². The highest BCUT2D eigenvalue weighted by Crippen LogP contribution is 2.24. The van der Waals surface area contributed by atoms with E-state index in [0.717, 1.165) is 35.9 Å². The molecule has 1 saturated heterocycles. The Morgan fingerprint density at radius 1 is 1.32 bits per heavy atom. The molecule has 2 aromatic rings. The van der Waals surface area contributed by atoms with Gasteiger partial charge in [-0.3, -0.25) is 4.79 Å². The lowest BCUT2D eigenvalue weighted by Gasteiger charge is -2.12. The zero-order valence-corrected chi connectivity index (χ0v) is 16.6. The molecule has 0 atom stereocenters. The van der Waals surface area contributed by atoms with Crippen molar-refractivity contribution in [2.45, 2.75) is 26.2 Å². The molecule has 138 valence electrons. The first kappa shape index (κ1) is 21.5. The molecule has 0 aliphatic carbocycles. The maximum atomic E-state index is 12.2. The minimum atomic E-state index is -0.0789. The number of carbonyl (C=O) groups excluding carboxylic acids is 1. The van der Waals surface area contributed by atoms with Crippen molar-refractivity contribution in [1.82, 2.24) is 10.3 Å². The third kappa shape index (κ3) is 5.49. The highest BCUT2D eigenvalue weighted by molar-refractivity contribution is 7.13. The topological polar surface area (TPSA) is 71.2 Å². The maximum absolute atomic E-state index is 12.2. The van der Waals surface area contributed by atoms with Crippen molar-refractivity contribution in [1.29, 1.82) is 0 Å². The number of anilines is 2. The first-order valence-electron chi connectivity index (χ1n) is 7.97. The minimum Gasteiger partial charge on any atom is -0.399 e. The molecule has 25 heavy (non-hydrogen) atoms. The Hall–Kier alpha value is -1.50. The number of hydrogen-bond donors (Lipinski definition) is 2. The van der Waals surface area contributed by atoms with Gasteiger partial charge in [0.05, 0.1) is 5.69 Å². The first-order chi connectivity index (χ1) is 11.1. The molecule has 0 saturated carbocycles. The van der Waals surface area contributed by atoms with E-state index in [-0.39, 0.29) is 30.7 Å². The molecule has 2 heterocycles. The van der Waals surface area contributed by atoms with Crippen molar-refractivity contribution in [3.8, 4) is 0 Å². The lowest BCUT2D eigenvalue weighted by atomic mass is 10.1. The number of aromatic nitrogens is 1. The summed E-state index contributed by atoms with van der Waals surface area (Å²) < 4.78 is 0. The number of nitrogens with zero attached hydrogens (tertiary/aromatic N) is 2. The van der Waals surface area contributed by atoms with Gasteiger partial charge in [-0.15, -0.1) is 36.2 Å². The molecule has 0 spiro atoms. The predicted molar refractivity (Wildman–Crippen MR) is 110 cm³/mol. The van der Waals surface area contributed by atoms with Gasteiger partial charge in [0.1, 0.15) is 0 Å². The molecule has 1 aliphatic rings. The lowest BCUT2D eigenvalue weighted by molar-refractivity contribution is 0.0953. The summed E-state index contributed by atoms with van der Waals surface area (Å²) >= 11 is 1.69. The van der Waals surface area contributed by atoms with E-state index < -0.39 is 0 Å². The van der Waals surface area contributed by atoms with Gasteiger partial charge in [0.15, 0.2) is 5.13 Å². The molecular weight excluding hydrogens is 379 g/mol. The van der Waals surface area contributed by atoms with Crippen LogP contribution in [0.4, 0.5) is 10.8 Å². The molecule has 0 bridgehead atoms. The smallest absolute Gasteiger partial charge is 0.251 e. The van der Waals surface area contributed by atoms with Crippen molar-refractivity contribution in [3.63, 3.8) is 0 Å². The summed E-state index contributed by atoms with van der Waals surface area (Å²) in [7, 11) is 0. The number of halogens is 2. The predicted octanol–water partition coefficient (Wildman–Crippen LogP) is 3.45. The highest BCUT2D eigenvalue weighted by atomic mass is 35.5. The van der Waals surface area contributed by atoms with Gasteiger partial charge < -0.3 is 16.0 Å². The van der Waals surface area contributed by atoms with Crippen LogP contribution in [0.3, 0.4) is 0 Å². The molecule has 5 nitrogen and oxygen atoms in total. The molecule has 0 unspecified atom stereocenters. The number of hydrogen-bond acceptors (Lipinski definition) is 5. The van der Waals surface area contributed by atoms with E-state index in [1.807, 2.05) is 13.0 Å². The number of nitrogens with two attached hydrogens (primary N) is 1. The highest BCUT2D eigenvalue weighted by Gasteiger charge is 2.15. The van der Waals surface area contributed by atoms with E-state index in [1.54, 1.807) is 23.5 Å². The summed E-state index contributed by atoms with van der Waals surface area (Å²) in [4.78, 5) is 19.2. The molecular formula is C17H24Cl2N4OS. The van der Waals surface area contributed by atoms with E-state index in [9.17, 15) is 4.79 Å². The largest absolute Gasteiger partial charge is 0.399 e. The quantitative estimate of drug-likeness (QED) is 0.751. The summed E-state index contributed by atoms with van der Waals surface area (Å²) in [5.74, 6) is -0.0789. The molecule has 1 aliphatic heterocycles. The van der Waals surface area contributed by atoms with Crippen LogP contribution in [0, 0.1) is 6.92 Å². The summed E-state index contributed by atoms with van der Waals surface area (Å²) in [6.45, 7) is 4.71. The SMILES string of the molecule is Cc1ccc(N)cc1C(=O)NCCc1csc(N2CCCC2)n1.Cl.Cl. The van der Waals surface area contributed by atoms with E-state index in [0.29, 0.717) is 17.8 Å². The first-order valence-corrected chi connectivity index (χ1v) is 8.85. The van der Waals surface area contributed by atoms with Crippen LogP contribution in [0.25, 0.3) is 0 Å². The molecule has 8 heteroatoms. The van der Waals surface area contributed by atoms with Gasteiger partial charge in [0.25, 0.3) is 5.91 Å². The van der Waals surface area contributed by atoms with Crippen molar-refractivity contribution in [2.75, 3.05) is 30.3 Å². The Labute approximate surface area is 164 Å². The second-order valence-electron chi connectivity index (χ2n) is 5.90. The monoisotopic (exact) mass is 402 g/mol. The maximum Gasteiger partial charge on any atom is 0.251 e. The molecule has 1 fully saturated rings. The lowest BCUT2D eigenvalue weighted by Crippen LogP contribution is -2.26. The van der Waals surface area contributed by atoms with Gasteiger partial charge in [-0.25, -0.2) is 4.98 Å². The van der Waals surface area contributed by atoms with Crippen LogP contribution in [0.5, 0.6) is 0 Å². The fraction of sp³-hybridized carbons (Fsp3) is 0.412. The Bertz CT molecular complexity index is 702. The molecule has 3 N–H and O–H groups in total. The van der Waals surface area contributed by atoms with Crippen LogP contribution in [0.15, 0.2) is 23.6 Å². The van der Waals surface area contributed by atoms with Crippen LogP contribution in [-0.4, -0.2) is 30.5 Å². The molecule has 0 radical (unpaired) electrons. The van der Waals surface area contributed by atoms with Gasteiger partial charge in [-0.05, 0) is 37.5 Å². The van der Waals surface area contributed by atoms with Gasteiger partial charge in [0, 0.05) is 42.7 Å². The number of rotatable bonds is 5. The van der Waals surface area contributed by atoms with Crippen molar-refractivity contribution in [2.24, 2.45) is 0 Å². The Morgan fingerprint density at radius 2 is 2.04 bits per heavy atom. The molecule has 1 aromatic heterocycles. The number of nitrogens with one attached hydrogen (secondary N) is 1. The summed E-state index contributed by atoms with van der Waals surface area (Å²) in [6.07, 6.45) is 3.26. The summed E-state index contributed by atoms with van der Waals surface area (Å²) in [5, 5.41) is 6.15. The van der Waals surface area contributed by atoms with Crippen molar-refractivity contribution in [3.05, 3.63) is 40.4 Å². The Balaban J connectivity index is 0.00000156. The standard InChI is InChI=1S/C17H22N4OS.2ClH/c1-12-4-5-13(18)10-15(12)16(22)19-7-6-14-11-23-17(20-14)21-8-2-3-9-21;;/h4-5,10-11H,2-3,6-9,18H2,1H3,(H,19,22);2*1H. The molecule has 1 aromatic carbocycles. The van der Waals surface area contributed by atoms with Crippen LogP contribution in [0.2, 0.25) is 0 Å². The van der Waals surface area contributed by atoms with Crippen LogP contribution >= 0.6 is 36.2 Å². The fourth-order valence-corrected chi connectivity index (χ4v) is 3.66. The third-order valence-electron chi connectivity index (χ3n) is 4.09. The second-order valence-corrected chi connectivity index (χ2v) is 6.73. The number of amides is 1. The van der Waals surface area contributed by atoms with E-state index >= 15 is 0 Å². The van der Waals surface area contributed by atoms with Gasteiger partial charge in [0.2, 0.25) is 0 Å². The fourth-order valence-electron chi connectivity index (χ4n) is 2.75. The van der Waals surface area contributed by atoms with E-state index in [2.05, 4.69) is 20.6 Å². The van der Waals surface area contributed by atoms with Gasteiger partial charge >= 0.3 is 0 Å². The van der Waals surface area contributed by atoms with Crippen molar-refractivity contribution < 1.29 is 4.79 Å². The number of thiazole rings is 1. The second kappa shape index (κ2) is 9.85. The normalized spacial score (nSPS) is 13.1. The zero-order valence-electron chi connectivity index (χ0n) is 14.2. The Morgan fingerprint density at radius 3 is 2.76 bits per heavy atom. The summed E-state index contributed by atoms with van der Waals surface area (Å²) in [5.41, 5.74) is 8.98. The number of nitrogen functional groups attached to an aromatic ring is 1. The van der Waals surface area contributed by atoms with Crippen LogP contribution in [0.1, 0.15) is 34.5 Å². The van der Waals surface area contributed by atoms with E-state index in [1.165, 1.54) is 12.8 Å². The molecule has 1 amide bonds. The van der Waals surface area contributed by atoms with Crippen molar-refractivity contribution >= 4 is 52.9 Å².